The topological polar surface area (TPSA) is 51.1 Å². The second-order valence-corrected chi connectivity index (χ2v) is 3.92. The fourth-order valence-electron chi connectivity index (χ4n) is 1.54. The third-order valence-corrected chi connectivity index (χ3v) is 2.55. The molecule has 1 aromatic carbocycles. The lowest BCUT2D eigenvalue weighted by Gasteiger charge is -2.06. The van der Waals surface area contributed by atoms with E-state index in [4.69, 9.17) is 0 Å². The number of rotatable bonds is 2. The van der Waals surface area contributed by atoms with Gasteiger partial charge in [-0.3, -0.25) is 9.59 Å². The Kier molecular flexibility index (Phi) is 3.41. The molecule has 1 N–H and O–H groups in total. The zero-order valence-electron chi connectivity index (χ0n) is 9.98. The van der Waals surface area contributed by atoms with Crippen molar-refractivity contribution < 1.29 is 13.6 Å². The van der Waals surface area contributed by atoms with E-state index in [9.17, 15) is 18.4 Å². The van der Waals surface area contributed by atoms with Gasteiger partial charge in [0.15, 0.2) is 11.6 Å². The summed E-state index contributed by atoms with van der Waals surface area (Å²) < 4.78 is 27.0. The fraction of sp³-hybridized carbons (Fsp3) is 0.0769. The van der Waals surface area contributed by atoms with Crippen molar-refractivity contribution in [3.8, 4) is 0 Å². The van der Waals surface area contributed by atoms with Gasteiger partial charge in [0.25, 0.3) is 11.5 Å². The molecule has 0 saturated carbocycles. The molecule has 0 aliphatic carbocycles. The maximum absolute atomic E-state index is 13.0. The van der Waals surface area contributed by atoms with E-state index in [1.165, 1.54) is 29.9 Å². The van der Waals surface area contributed by atoms with Crippen molar-refractivity contribution in [2.45, 2.75) is 0 Å². The van der Waals surface area contributed by atoms with Crippen molar-refractivity contribution >= 4 is 11.6 Å². The Bertz CT molecular complexity index is 695. The number of carbonyl (C=O) groups excluding carboxylic acids is 1. The van der Waals surface area contributed by atoms with Gasteiger partial charge in [0, 0.05) is 25.0 Å². The molecular formula is C13H10F2N2O2. The second-order valence-electron chi connectivity index (χ2n) is 3.92. The molecule has 98 valence electrons. The number of anilines is 1. The largest absolute Gasteiger partial charge is 0.322 e. The molecule has 1 heterocycles. The Labute approximate surface area is 107 Å². The summed E-state index contributed by atoms with van der Waals surface area (Å²) in [5, 5.41) is 2.34. The van der Waals surface area contributed by atoms with Gasteiger partial charge in [0.05, 0.1) is 0 Å². The summed E-state index contributed by atoms with van der Waals surface area (Å²) in [6, 6.07) is 5.86. The molecule has 2 aromatic rings. The Hall–Kier alpha value is -2.50. The van der Waals surface area contributed by atoms with E-state index in [2.05, 4.69) is 5.32 Å². The van der Waals surface area contributed by atoms with E-state index in [0.29, 0.717) is 0 Å². The van der Waals surface area contributed by atoms with Gasteiger partial charge in [0.2, 0.25) is 0 Å². The lowest BCUT2D eigenvalue weighted by atomic mass is 10.2. The van der Waals surface area contributed by atoms with Gasteiger partial charge in [-0.1, -0.05) is 0 Å². The molecule has 2 rings (SSSR count). The molecule has 0 atom stereocenters. The van der Waals surface area contributed by atoms with Crippen LogP contribution in [0.15, 0.2) is 41.3 Å². The molecule has 0 bridgehead atoms. The number of hydrogen-bond acceptors (Lipinski definition) is 2. The fourth-order valence-corrected chi connectivity index (χ4v) is 1.54. The standard InChI is InChI=1S/C13H10F2N2O2/c1-17-6-2-3-9(13(17)19)12(18)16-8-4-5-10(14)11(15)7-8/h2-7H,1H3,(H,16,18). The number of aromatic nitrogens is 1. The molecule has 1 aromatic heterocycles. The van der Waals surface area contributed by atoms with E-state index in [1.54, 1.807) is 6.07 Å². The third kappa shape index (κ3) is 2.67. The van der Waals surface area contributed by atoms with Crippen LogP contribution in [0.2, 0.25) is 0 Å². The van der Waals surface area contributed by atoms with E-state index in [0.717, 1.165) is 12.1 Å². The van der Waals surface area contributed by atoms with Crippen LogP contribution in [0.1, 0.15) is 10.4 Å². The van der Waals surface area contributed by atoms with Crippen molar-refractivity contribution in [1.82, 2.24) is 4.57 Å². The van der Waals surface area contributed by atoms with Crippen LogP contribution in [-0.4, -0.2) is 10.5 Å². The van der Waals surface area contributed by atoms with Gasteiger partial charge in [-0.15, -0.1) is 0 Å². The molecule has 6 heteroatoms. The molecule has 0 unspecified atom stereocenters. The Balaban J connectivity index is 2.28. The molecule has 19 heavy (non-hydrogen) atoms. The molecule has 0 radical (unpaired) electrons. The molecule has 4 nitrogen and oxygen atoms in total. The van der Waals surface area contributed by atoms with Crippen LogP contribution in [0.25, 0.3) is 0 Å². The molecule has 0 saturated heterocycles. The van der Waals surface area contributed by atoms with Crippen molar-refractivity contribution in [2.75, 3.05) is 5.32 Å². The smallest absolute Gasteiger partial charge is 0.263 e. The highest BCUT2D eigenvalue weighted by Crippen LogP contribution is 2.13. The summed E-state index contributed by atoms with van der Waals surface area (Å²) in [4.78, 5) is 23.5. The maximum atomic E-state index is 13.0. The maximum Gasteiger partial charge on any atom is 0.263 e. The summed E-state index contributed by atoms with van der Waals surface area (Å²) in [7, 11) is 1.51. The summed E-state index contributed by atoms with van der Waals surface area (Å²) in [5.41, 5.74) is -0.466. The molecular weight excluding hydrogens is 254 g/mol. The Morgan fingerprint density at radius 1 is 1.21 bits per heavy atom. The van der Waals surface area contributed by atoms with Gasteiger partial charge >= 0.3 is 0 Å². The number of benzene rings is 1. The molecule has 0 spiro atoms. The molecule has 1 amide bonds. The normalized spacial score (nSPS) is 10.3. The van der Waals surface area contributed by atoms with E-state index >= 15 is 0 Å². The molecule has 0 aliphatic heterocycles. The summed E-state index contributed by atoms with van der Waals surface area (Å²) in [5.74, 6) is -2.75. The lowest BCUT2D eigenvalue weighted by molar-refractivity contribution is 0.102. The van der Waals surface area contributed by atoms with E-state index < -0.39 is 23.1 Å². The minimum absolute atomic E-state index is 0.0743. The van der Waals surface area contributed by atoms with E-state index in [-0.39, 0.29) is 11.3 Å². The quantitative estimate of drug-likeness (QED) is 0.900. The number of amides is 1. The third-order valence-electron chi connectivity index (χ3n) is 2.55. The first-order valence-electron chi connectivity index (χ1n) is 5.41. The summed E-state index contributed by atoms with van der Waals surface area (Å²) >= 11 is 0. The van der Waals surface area contributed by atoms with E-state index in [1.807, 2.05) is 0 Å². The first-order valence-corrected chi connectivity index (χ1v) is 5.41. The first-order chi connectivity index (χ1) is 8.99. The monoisotopic (exact) mass is 264 g/mol. The number of nitrogens with zero attached hydrogens (tertiary/aromatic N) is 1. The first kappa shape index (κ1) is 12.9. The summed E-state index contributed by atoms with van der Waals surface area (Å²) in [6.07, 6.45) is 1.51. The summed E-state index contributed by atoms with van der Waals surface area (Å²) in [6.45, 7) is 0. The minimum Gasteiger partial charge on any atom is -0.322 e. The van der Waals surface area contributed by atoms with Crippen LogP contribution in [0.4, 0.5) is 14.5 Å². The van der Waals surface area contributed by atoms with Crippen molar-refractivity contribution in [1.29, 1.82) is 0 Å². The van der Waals surface area contributed by atoms with Crippen molar-refractivity contribution in [2.24, 2.45) is 7.05 Å². The van der Waals surface area contributed by atoms with Crippen molar-refractivity contribution in [3.63, 3.8) is 0 Å². The molecule has 0 fully saturated rings. The van der Waals surface area contributed by atoms with Crippen LogP contribution in [0.5, 0.6) is 0 Å². The number of hydrogen-bond donors (Lipinski definition) is 1. The predicted molar refractivity (Wildman–Crippen MR) is 66.0 cm³/mol. The number of carbonyl (C=O) groups is 1. The van der Waals surface area contributed by atoms with Gasteiger partial charge in [-0.2, -0.15) is 0 Å². The zero-order chi connectivity index (χ0) is 14.0. The Morgan fingerprint density at radius 3 is 2.63 bits per heavy atom. The number of aryl methyl sites for hydroxylation is 1. The van der Waals surface area contributed by atoms with Crippen LogP contribution in [0, 0.1) is 11.6 Å². The minimum atomic E-state index is -1.07. The van der Waals surface area contributed by atoms with Gasteiger partial charge in [-0.05, 0) is 24.3 Å². The average molecular weight is 264 g/mol. The van der Waals surface area contributed by atoms with Crippen LogP contribution in [0.3, 0.4) is 0 Å². The predicted octanol–water partition coefficient (Wildman–Crippen LogP) is 1.92. The van der Waals surface area contributed by atoms with Gasteiger partial charge < -0.3 is 9.88 Å². The second kappa shape index (κ2) is 5.01. The highest BCUT2D eigenvalue weighted by molar-refractivity contribution is 6.03. The van der Waals surface area contributed by atoms with Gasteiger partial charge in [0.1, 0.15) is 5.56 Å². The average Bonchev–Trinajstić information content (AvgIpc) is 2.37. The highest BCUT2D eigenvalue weighted by Gasteiger charge is 2.12. The number of nitrogens with one attached hydrogen (secondary N) is 1. The zero-order valence-corrected chi connectivity index (χ0v) is 9.98. The number of halogens is 2. The highest BCUT2D eigenvalue weighted by atomic mass is 19.2. The SMILES string of the molecule is Cn1cccc(C(=O)Nc2ccc(F)c(F)c2)c1=O. The Morgan fingerprint density at radius 2 is 1.95 bits per heavy atom. The van der Waals surface area contributed by atoms with Crippen LogP contribution in [-0.2, 0) is 7.05 Å². The van der Waals surface area contributed by atoms with Crippen molar-refractivity contribution in [3.05, 3.63) is 64.1 Å². The van der Waals surface area contributed by atoms with Crippen LogP contribution < -0.4 is 10.9 Å². The van der Waals surface area contributed by atoms with Crippen LogP contribution >= 0.6 is 0 Å². The molecule has 0 aliphatic rings. The van der Waals surface area contributed by atoms with Gasteiger partial charge in [-0.25, -0.2) is 8.78 Å². The lowest BCUT2D eigenvalue weighted by Crippen LogP contribution is -2.27. The number of pyridine rings is 1.